The van der Waals surface area contributed by atoms with E-state index in [2.05, 4.69) is 13.8 Å². The summed E-state index contributed by atoms with van der Waals surface area (Å²) < 4.78 is 11.5. The Morgan fingerprint density at radius 3 is 2.00 bits per heavy atom. The third-order valence-corrected chi connectivity index (χ3v) is 5.79. The fourth-order valence-corrected chi connectivity index (χ4v) is 4.87. The molecule has 2 heterocycles. The fraction of sp³-hybridized carbons (Fsp3) is 0.938. The fourth-order valence-electron chi connectivity index (χ4n) is 4.87. The molecule has 2 N–H and O–H groups in total. The summed E-state index contributed by atoms with van der Waals surface area (Å²) >= 11 is 0. The molecule has 1 atom stereocenters. The average Bonchev–Trinajstić information content (AvgIpc) is 3.13. The molecule has 0 amide bonds. The van der Waals surface area contributed by atoms with Crippen molar-refractivity contribution in [2.24, 2.45) is 10.8 Å². The van der Waals surface area contributed by atoms with Crippen LogP contribution in [0.4, 0.5) is 4.79 Å². The molecule has 0 aromatic rings. The second kappa shape index (κ2) is 4.59. The van der Waals surface area contributed by atoms with Crippen molar-refractivity contribution in [2.45, 2.75) is 83.2 Å². The van der Waals surface area contributed by atoms with Crippen molar-refractivity contribution in [3.63, 3.8) is 0 Å². The van der Waals surface area contributed by atoms with Gasteiger partial charge >= 0.3 is 6.16 Å². The van der Waals surface area contributed by atoms with E-state index in [-0.39, 0.29) is 11.6 Å². The quantitative estimate of drug-likeness (QED) is 0.746. The number of carbonyl (C=O) groups is 1. The SMILES string of the molecule is CC1(CC2(C)CCC34OC3(C2)O4)CCCCC1.O=C(O)O. The molecule has 0 bridgehead atoms. The summed E-state index contributed by atoms with van der Waals surface area (Å²) in [6, 6.07) is 0. The average molecular weight is 298 g/mol. The van der Waals surface area contributed by atoms with Crippen LogP contribution in [0.15, 0.2) is 0 Å². The molecule has 5 heteroatoms. The molecule has 4 rings (SSSR count). The third-order valence-electron chi connectivity index (χ3n) is 5.79. The molecule has 1 unspecified atom stereocenters. The van der Waals surface area contributed by atoms with Crippen molar-refractivity contribution in [1.82, 2.24) is 0 Å². The number of epoxide rings is 2. The van der Waals surface area contributed by atoms with Crippen LogP contribution in [0.1, 0.15) is 71.6 Å². The Morgan fingerprint density at radius 1 is 0.905 bits per heavy atom. The molecule has 5 nitrogen and oxygen atoms in total. The van der Waals surface area contributed by atoms with Crippen LogP contribution in [0.5, 0.6) is 0 Å². The lowest BCUT2D eigenvalue weighted by molar-refractivity contribution is -0.0972. The molecule has 2 saturated heterocycles. The molecule has 4 fully saturated rings. The van der Waals surface area contributed by atoms with Crippen molar-refractivity contribution in [2.75, 3.05) is 0 Å². The van der Waals surface area contributed by atoms with Gasteiger partial charge < -0.3 is 19.7 Å². The van der Waals surface area contributed by atoms with Gasteiger partial charge in [0.05, 0.1) is 0 Å². The molecule has 0 radical (unpaired) electrons. The van der Waals surface area contributed by atoms with E-state index < -0.39 is 6.16 Å². The zero-order valence-electron chi connectivity index (χ0n) is 13.0. The zero-order valence-corrected chi connectivity index (χ0v) is 13.0. The summed E-state index contributed by atoms with van der Waals surface area (Å²) in [5.41, 5.74) is 1.05. The van der Waals surface area contributed by atoms with Crippen LogP contribution in [-0.2, 0) is 9.47 Å². The van der Waals surface area contributed by atoms with Crippen LogP contribution in [0.3, 0.4) is 0 Å². The summed E-state index contributed by atoms with van der Waals surface area (Å²) in [6.45, 7) is 4.98. The Kier molecular flexibility index (Phi) is 3.30. The number of hydrogen-bond donors (Lipinski definition) is 2. The molecule has 21 heavy (non-hydrogen) atoms. The van der Waals surface area contributed by atoms with E-state index in [9.17, 15) is 0 Å². The summed E-state index contributed by atoms with van der Waals surface area (Å²) in [6.07, 6.45) is 10.3. The minimum atomic E-state index is -1.83. The molecular formula is C16H26O5. The minimum Gasteiger partial charge on any atom is -0.450 e. The third kappa shape index (κ3) is 2.78. The first-order valence-corrected chi connectivity index (χ1v) is 8.05. The predicted molar refractivity (Wildman–Crippen MR) is 76.1 cm³/mol. The van der Waals surface area contributed by atoms with Crippen LogP contribution in [0.2, 0.25) is 0 Å². The first-order valence-electron chi connectivity index (χ1n) is 8.05. The molecule has 0 aromatic carbocycles. The highest BCUT2D eigenvalue weighted by atomic mass is 17.0. The van der Waals surface area contributed by atoms with Gasteiger partial charge in [0.25, 0.3) is 0 Å². The Labute approximate surface area is 125 Å². The monoisotopic (exact) mass is 298 g/mol. The van der Waals surface area contributed by atoms with Crippen LogP contribution in [0, 0.1) is 10.8 Å². The first kappa shape index (κ1) is 15.1. The van der Waals surface area contributed by atoms with Gasteiger partial charge in [0.2, 0.25) is 11.6 Å². The van der Waals surface area contributed by atoms with E-state index in [1.54, 1.807) is 0 Å². The Morgan fingerprint density at radius 2 is 1.48 bits per heavy atom. The Bertz CT molecular complexity index is 430. The molecule has 0 spiro atoms. The Balaban J connectivity index is 0.000000298. The maximum absolute atomic E-state index is 8.56. The van der Waals surface area contributed by atoms with Gasteiger partial charge in [-0.3, -0.25) is 0 Å². The van der Waals surface area contributed by atoms with Gasteiger partial charge in [-0.1, -0.05) is 33.1 Å². The maximum atomic E-state index is 8.56. The number of carboxylic acid groups (broad SMARTS) is 2. The maximum Gasteiger partial charge on any atom is 0.503 e. The summed E-state index contributed by atoms with van der Waals surface area (Å²) in [5.74, 6) is -0.162. The molecule has 2 aliphatic carbocycles. The van der Waals surface area contributed by atoms with Crippen molar-refractivity contribution >= 4 is 6.16 Å². The van der Waals surface area contributed by atoms with Gasteiger partial charge in [-0.2, -0.15) is 0 Å². The van der Waals surface area contributed by atoms with E-state index in [1.807, 2.05) is 0 Å². The Hall–Kier alpha value is -0.810. The second-order valence-electron chi connectivity index (χ2n) is 8.03. The van der Waals surface area contributed by atoms with E-state index >= 15 is 0 Å². The lowest BCUT2D eigenvalue weighted by Gasteiger charge is -2.42. The molecule has 0 aromatic heterocycles. The molecule has 2 saturated carbocycles. The predicted octanol–water partition coefficient (Wildman–Crippen LogP) is 4.21. The normalized spacial score (nSPS) is 45.4. The summed E-state index contributed by atoms with van der Waals surface area (Å²) in [7, 11) is 0. The molecule has 2 aliphatic heterocycles. The number of hydrogen-bond acceptors (Lipinski definition) is 3. The zero-order chi connectivity index (χ0) is 15.4. The summed E-state index contributed by atoms with van der Waals surface area (Å²) in [4.78, 5) is 8.56. The standard InChI is InChI=1S/C15H24O2.CH2O3/c1-12(6-4-3-5-7-12)10-13(2)8-9-14-15(11-13,16-14)17-14;2-1(3)4/h3-11H2,1-2H3;(H2,2,3,4). The van der Waals surface area contributed by atoms with Crippen LogP contribution >= 0.6 is 0 Å². The highest BCUT2D eigenvalue weighted by Gasteiger charge is 2.92. The van der Waals surface area contributed by atoms with Crippen molar-refractivity contribution in [1.29, 1.82) is 0 Å². The van der Waals surface area contributed by atoms with Crippen molar-refractivity contribution < 1.29 is 24.5 Å². The first-order chi connectivity index (χ1) is 9.72. The lowest BCUT2D eigenvalue weighted by Crippen LogP contribution is -2.33. The van der Waals surface area contributed by atoms with Gasteiger partial charge in [-0.25, -0.2) is 4.79 Å². The van der Waals surface area contributed by atoms with Crippen LogP contribution in [-0.4, -0.2) is 27.9 Å². The van der Waals surface area contributed by atoms with Crippen LogP contribution in [0.25, 0.3) is 0 Å². The lowest BCUT2D eigenvalue weighted by atomic mass is 9.62. The number of ether oxygens (including phenoxy) is 2. The van der Waals surface area contributed by atoms with Crippen molar-refractivity contribution in [3.05, 3.63) is 0 Å². The van der Waals surface area contributed by atoms with E-state index in [1.165, 1.54) is 44.9 Å². The second-order valence-corrected chi connectivity index (χ2v) is 8.03. The van der Waals surface area contributed by atoms with Gasteiger partial charge in [-0.15, -0.1) is 0 Å². The number of rotatable bonds is 2. The van der Waals surface area contributed by atoms with Gasteiger partial charge in [0, 0.05) is 12.8 Å². The van der Waals surface area contributed by atoms with Gasteiger partial charge in [0.1, 0.15) is 0 Å². The molecular weight excluding hydrogens is 272 g/mol. The largest absolute Gasteiger partial charge is 0.503 e. The van der Waals surface area contributed by atoms with Crippen LogP contribution < -0.4 is 0 Å². The van der Waals surface area contributed by atoms with Crippen molar-refractivity contribution in [3.8, 4) is 0 Å². The smallest absolute Gasteiger partial charge is 0.450 e. The van der Waals surface area contributed by atoms with E-state index in [4.69, 9.17) is 24.5 Å². The van der Waals surface area contributed by atoms with Gasteiger partial charge in [-0.05, 0) is 36.5 Å². The topological polar surface area (TPSA) is 82.6 Å². The van der Waals surface area contributed by atoms with Gasteiger partial charge in [0.15, 0.2) is 0 Å². The molecule has 120 valence electrons. The summed E-state index contributed by atoms with van der Waals surface area (Å²) in [5, 5.41) is 13.9. The highest BCUT2D eigenvalue weighted by molar-refractivity contribution is 5.53. The molecule has 4 aliphatic rings. The highest BCUT2D eigenvalue weighted by Crippen LogP contribution is 2.77. The van der Waals surface area contributed by atoms with E-state index in [0.717, 1.165) is 12.8 Å². The minimum absolute atomic E-state index is 0.0695. The van der Waals surface area contributed by atoms with E-state index in [0.29, 0.717) is 10.8 Å².